The molecule has 0 bridgehead atoms. The molecule has 1 N–H and O–H groups in total. The summed E-state index contributed by atoms with van der Waals surface area (Å²) in [5.41, 5.74) is 0.906. The lowest BCUT2D eigenvalue weighted by molar-refractivity contribution is 0.0332. The van der Waals surface area contributed by atoms with Crippen molar-refractivity contribution in [3.05, 3.63) is 35.5 Å². The van der Waals surface area contributed by atoms with Crippen molar-refractivity contribution in [2.45, 2.75) is 6.54 Å². The lowest BCUT2D eigenvalue weighted by atomic mass is 10.3. The van der Waals surface area contributed by atoms with Crippen LogP contribution in [0.25, 0.3) is 5.65 Å². The third-order valence-electron chi connectivity index (χ3n) is 3.36. The number of imidazole rings is 1. The SMILES string of the molecule is O=C(O)c1nc2ccc(F)cn2c1CN1CCOCC1. The normalized spacial score (nSPS) is 16.6. The molecular formula is C13H14FN3O3. The molecule has 3 rings (SSSR count). The fraction of sp³-hybridized carbons (Fsp3) is 0.385. The molecule has 2 aromatic rings. The molecule has 6 nitrogen and oxygen atoms in total. The number of halogens is 1. The predicted molar refractivity (Wildman–Crippen MR) is 68.2 cm³/mol. The van der Waals surface area contributed by atoms with Gasteiger partial charge in [-0.2, -0.15) is 0 Å². The summed E-state index contributed by atoms with van der Waals surface area (Å²) in [7, 11) is 0. The van der Waals surface area contributed by atoms with E-state index < -0.39 is 11.8 Å². The van der Waals surface area contributed by atoms with Gasteiger partial charge in [-0.1, -0.05) is 0 Å². The number of aromatic carboxylic acids is 1. The summed E-state index contributed by atoms with van der Waals surface area (Å²) >= 11 is 0. The van der Waals surface area contributed by atoms with Gasteiger partial charge < -0.3 is 9.84 Å². The molecule has 2 aromatic heterocycles. The second-order valence-electron chi connectivity index (χ2n) is 4.68. The Bertz CT molecular complexity index is 650. The summed E-state index contributed by atoms with van der Waals surface area (Å²) in [6, 6.07) is 2.75. The van der Waals surface area contributed by atoms with Crippen molar-refractivity contribution in [2.24, 2.45) is 0 Å². The van der Waals surface area contributed by atoms with E-state index in [4.69, 9.17) is 4.74 Å². The van der Waals surface area contributed by atoms with Crippen molar-refractivity contribution in [1.82, 2.24) is 14.3 Å². The van der Waals surface area contributed by atoms with E-state index in [1.807, 2.05) is 0 Å². The van der Waals surface area contributed by atoms with E-state index in [-0.39, 0.29) is 5.69 Å². The first kappa shape index (κ1) is 13.0. The Labute approximate surface area is 114 Å². The van der Waals surface area contributed by atoms with Crippen LogP contribution >= 0.6 is 0 Å². The van der Waals surface area contributed by atoms with Crippen molar-refractivity contribution in [2.75, 3.05) is 26.3 Å². The van der Waals surface area contributed by atoms with Crippen molar-refractivity contribution in [3.63, 3.8) is 0 Å². The van der Waals surface area contributed by atoms with Gasteiger partial charge in [-0.25, -0.2) is 14.2 Å². The van der Waals surface area contributed by atoms with Crippen molar-refractivity contribution in [1.29, 1.82) is 0 Å². The van der Waals surface area contributed by atoms with E-state index >= 15 is 0 Å². The zero-order valence-electron chi connectivity index (χ0n) is 10.8. The lowest BCUT2D eigenvalue weighted by Gasteiger charge is -2.26. The molecule has 106 valence electrons. The number of nitrogens with zero attached hydrogens (tertiary/aromatic N) is 3. The van der Waals surface area contributed by atoms with Gasteiger partial charge in [0.1, 0.15) is 11.5 Å². The minimum absolute atomic E-state index is 0.0258. The Morgan fingerprint density at radius 1 is 1.40 bits per heavy atom. The molecule has 0 spiro atoms. The maximum atomic E-state index is 13.4. The van der Waals surface area contributed by atoms with Gasteiger partial charge in [0.25, 0.3) is 0 Å². The summed E-state index contributed by atoms with van der Waals surface area (Å²) in [5, 5.41) is 9.25. The largest absolute Gasteiger partial charge is 0.476 e. The first-order chi connectivity index (χ1) is 9.65. The third kappa shape index (κ3) is 2.37. The molecule has 20 heavy (non-hydrogen) atoms. The van der Waals surface area contributed by atoms with E-state index in [9.17, 15) is 14.3 Å². The Morgan fingerprint density at radius 3 is 2.85 bits per heavy atom. The lowest BCUT2D eigenvalue weighted by Crippen LogP contribution is -2.36. The monoisotopic (exact) mass is 279 g/mol. The number of carbonyl (C=O) groups is 1. The van der Waals surface area contributed by atoms with Gasteiger partial charge in [0.15, 0.2) is 5.69 Å². The minimum atomic E-state index is -1.10. The van der Waals surface area contributed by atoms with E-state index in [0.29, 0.717) is 31.1 Å². The second-order valence-corrected chi connectivity index (χ2v) is 4.68. The Balaban J connectivity index is 2.03. The molecule has 1 fully saturated rings. The molecular weight excluding hydrogens is 265 g/mol. The highest BCUT2D eigenvalue weighted by atomic mass is 19.1. The molecule has 0 saturated carbocycles. The van der Waals surface area contributed by atoms with Crippen LogP contribution in [0.4, 0.5) is 4.39 Å². The molecule has 0 unspecified atom stereocenters. The zero-order chi connectivity index (χ0) is 14.1. The maximum Gasteiger partial charge on any atom is 0.356 e. The molecule has 0 aromatic carbocycles. The number of fused-ring (bicyclic) bond motifs is 1. The molecule has 1 aliphatic rings. The van der Waals surface area contributed by atoms with Crippen molar-refractivity contribution < 1.29 is 19.0 Å². The van der Waals surface area contributed by atoms with Gasteiger partial charge in [0.05, 0.1) is 18.9 Å². The van der Waals surface area contributed by atoms with Crippen LogP contribution in [-0.2, 0) is 11.3 Å². The highest BCUT2D eigenvalue weighted by Gasteiger charge is 2.21. The Kier molecular flexibility index (Phi) is 3.37. The third-order valence-corrected chi connectivity index (χ3v) is 3.36. The van der Waals surface area contributed by atoms with Gasteiger partial charge >= 0.3 is 5.97 Å². The average molecular weight is 279 g/mol. The molecule has 1 aliphatic heterocycles. The molecule has 1 saturated heterocycles. The fourth-order valence-corrected chi connectivity index (χ4v) is 2.36. The Hall–Kier alpha value is -1.99. The molecule has 7 heteroatoms. The van der Waals surface area contributed by atoms with Crippen LogP contribution in [0.3, 0.4) is 0 Å². The van der Waals surface area contributed by atoms with Crippen LogP contribution < -0.4 is 0 Å². The second kappa shape index (κ2) is 5.18. The number of morpholine rings is 1. The summed E-state index contributed by atoms with van der Waals surface area (Å²) in [6.45, 7) is 3.10. The number of hydrogen-bond acceptors (Lipinski definition) is 4. The van der Waals surface area contributed by atoms with Crippen molar-refractivity contribution >= 4 is 11.6 Å². The zero-order valence-corrected chi connectivity index (χ0v) is 10.8. The number of carboxylic acids is 1. The van der Waals surface area contributed by atoms with Gasteiger partial charge in [0, 0.05) is 25.8 Å². The average Bonchev–Trinajstić information content (AvgIpc) is 2.78. The highest BCUT2D eigenvalue weighted by molar-refractivity contribution is 5.88. The van der Waals surface area contributed by atoms with E-state index in [0.717, 1.165) is 13.1 Å². The number of rotatable bonds is 3. The summed E-state index contributed by atoms with van der Waals surface area (Å²) in [6.07, 6.45) is 1.27. The predicted octanol–water partition coefficient (Wildman–Crippen LogP) is 1.00. The van der Waals surface area contributed by atoms with Gasteiger partial charge in [-0.3, -0.25) is 9.30 Å². The van der Waals surface area contributed by atoms with Crippen LogP contribution in [0.2, 0.25) is 0 Å². The number of aromatic nitrogens is 2. The summed E-state index contributed by atoms with van der Waals surface area (Å²) in [5.74, 6) is -1.52. The van der Waals surface area contributed by atoms with E-state index in [2.05, 4.69) is 9.88 Å². The van der Waals surface area contributed by atoms with Crippen LogP contribution in [0.15, 0.2) is 18.3 Å². The molecule has 0 amide bonds. The first-order valence-corrected chi connectivity index (χ1v) is 6.35. The molecule has 0 aliphatic carbocycles. The van der Waals surface area contributed by atoms with Crippen LogP contribution in [0.5, 0.6) is 0 Å². The molecule has 0 atom stereocenters. The Morgan fingerprint density at radius 2 is 2.15 bits per heavy atom. The smallest absolute Gasteiger partial charge is 0.356 e. The van der Waals surface area contributed by atoms with Crippen molar-refractivity contribution in [3.8, 4) is 0 Å². The van der Waals surface area contributed by atoms with Gasteiger partial charge in [0.2, 0.25) is 0 Å². The standard InChI is InChI=1S/C13H14FN3O3/c14-9-1-2-11-15-12(13(18)19)10(17(11)7-9)8-16-3-5-20-6-4-16/h1-2,7H,3-6,8H2,(H,18,19). The topological polar surface area (TPSA) is 67.1 Å². The number of hydrogen-bond donors (Lipinski definition) is 1. The number of ether oxygens (including phenoxy) is 1. The summed E-state index contributed by atoms with van der Waals surface area (Å²) in [4.78, 5) is 17.4. The number of pyridine rings is 1. The molecule has 0 radical (unpaired) electrons. The van der Waals surface area contributed by atoms with E-state index in [1.165, 1.54) is 22.7 Å². The molecule has 3 heterocycles. The minimum Gasteiger partial charge on any atom is -0.476 e. The summed E-state index contributed by atoms with van der Waals surface area (Å²) < 4.78 is 20.1. The van der Waals surface area contributed by atoms with E-state index in [1.54, 1.807) is 0 Å². The first-order valence-electron chi connectivity index (χ1n) is 6.35. The van der Waals surface area contributed by atoms with Crippen LogP contribution in [-0.4, -0.2) is 51.7 Å². The fourth-order valence-electron chi connectivity index (χ4n) is 2.36. The maximum absolute atomic E-state index is 13.4. The van der Waals surface area contributed by atoms with Gasteiger partial charge in [-0.05, 0) is 12.1 Å². The van der Waals surface area contributed by atoms with Crippen LogP contribution in [0.1, 0.15) is 16.2 Å². The van der Waals surface area contributed by atoms with Crippen LogP contribution in [0, 0.1) is 5.82 Å². The highest BCUT2D eigenvalue weighted by Crippen LogP contribution is 2.17. The van der Waals surface area contributed by atoms with Gasteiger partial charge in [-0.15, -0.1) is 0 Å². The quantitative estimate of drug-likeness (QED) is 0.908. The number of carboxylic acid groups (broad SMARTS) is 1.